The summed E-state index contributed by atoms with van der Waals surface area (Å²) in [5, 5.41) is 2.63. The van der Waals surface area contributed by atoms with Gasteiger partial charge >= 0.3 is 6.18 Å². The summed E-state index contributed by atoms with van der Waals surface area (Å²) in [6, 6.07) is 14.6. The van der Waals surface area contributed by atoms with Crippen LogP contribution in [-0.4, -0.2) is 36.1 Å². The molecule has 33 heavy (non-hydrogen) atoms. The number of aromatic nitrogens is 2. The maximum absolute atomic E-state index is 13.1. The van der Waals surface area contributed by atoms with E-state index in [2.05, 4.69) is 15.3 Å². The predicted octanol–water partition coefficient (Wildman–Crippen LogP) is 5.03. The van der Waals surface area contributed by atoms with E-state index in [4.69, 9.17) is 4.74 Å². The van der Waals surface area contributed by atoms with Crippen molar-refractivity contribution in [1.82, 2.24) is 9.97 Å². The first-order valence-electron chi connectivity index (χ1n) is 10.5. The van der Waals surface area contributed by atoms with Gasteiger partial charge in [0.25, 0.3) is 0 Å². The van der Waals surface area contributed by atoms with Gasteiger partial charge in [-0.05, 0) is 31.0 Å². The van der Waals surface area contributed by atoms with Gasteiger partial charge in [0.2, 0.25) is 5.91 Å². The largest absolute Gasteiger partial charge is 0.495 e. The highest BCUT2D eigenvalue weighted by atomic mass is 19.4. The minimum atomic E-state index is -4.52. The predicted molar refractivity (Wildman–Crippen MR) is 119 cm³/mol. The van der Waals surface area contributed by atoms with Gasteiger partial charge < -0.3 is 15.0 Å². The van der Waals surface area contributed by atoms with Crippen molar-refractivity contribution in [2.45, 2.75) is 19.0 Å². The number of benzene rings is 2. The lowest BCUT2D eigenvalue weighted by atomic mass is 9.96. The first-order valence-corrected chi connectivity index (χ1v) is 10.5. The number of hydrogen-bond acceptors (Lipinski definition) is 5. The van der Waals surface area contributed by atoms with Gasteiger partial charge in [-0.3, -0.25) is 4.79 Å². The van der Waals surface area contributed by atoms with Crippen LogP contribution >= 0.6 is 0 Å². The Labute approximate surface area is 189 Å². The number of rotatable bonds is 5. The van der Waals surface area contributed by atoms with Gasteiger partial charge in [0, 0.05) is 24.7 Å². The van der Waals surface area contributed by atoms with Crippen molar-refractivity contribution in [3.8, 4) is 17.0 Å². The van der Waals surface area contributed by atoms with Crippen molar-refractivity contribution >= 4 is 17.4 Å². The summed E-state index contributed by atoms with van der Waals surface area (Å²) in [5.41, 5.74) is 0.895. The van der Waals surface area contributed by atoms with Crippen LogP contribution in [0.1, 0.15) is 18.4 Å². The van der Waals surface area contributed by atoms with Gasteiger partial charge in [-0.2, -0.15) is 13.2 Å². The topological polar surface area (TPSA) is 67.3 Å². The third kappa shape index (κ3) is 5.24. The Morgan fingerprint density at radius 3 is 2.64 bits per heavy atom. The van der Waals surface area contributed by atoms with Crippen molar-refractivity contribution in [2.24, 2.45) is 5.92 Å². The monoisotopic (exact) mass is 456 g/mol. The number of anilines is 2. The molecule has 9 heteroatoms. The molecule has 172 valence electrons. The third-order valence-electron chi connectivity index (χ3n) is 5.62. The number of amides is 1. The molecule has 6 nitrogen and oxygen atoms in total. The van der Waals surface area contributed by atoms with Gasteiger partial charge in [0.05, 0.1) is 30.0 Å². The van der Waals surface area contributed by atoms with E-state index in [9.17, 15) is 18.0 Å². The first kappa shape index (κ1) is 22.6. The fourth-order valence-electron chi connectivity index (χ4n) is 3.90. The number of methoxy groups -OCH3 is 1. The second kappa shape index (κ2) is 9.48. The van der Waals surface area contributed by atoms with Crippen LogP contribution < -0.4 is 15.0 Å². The quantitative estimate of drug-likeness (QED) is 0.584. The molecule has 1 aromatic heterocycles. The highest BCUT2D eigenvalue weighted by molar-refractivity contribution is 5.94. The lowest BCUT2D eigenvalue weighted by Crippen LogP contribution is -2.41. The SMILES string of the molecule is COc1ccc(C(F)(F)F)cc1NC(=O)C1CCCN(c2cc(-c3ccccc3)ncn2)C1. The second-order valence-corrected chi connectivity index (χ2v) is 7.81. The van der Waals surface area contributed by atoms with Crippen LogP contribution in [0.5, 0.6) is 5.75 Å². The Balaban J connectivity index is 1.50. The number of nitrogens with zero attached hydrogens (tertiary/aromatic N) is 3. The summed E-state index contributed by atoms with van der Waals surface area (Å²) in [6.07, 6.45) is -1.64. The van der Waals surface area contributed by atoms with Crippen LogP contribution in [0.2, 0.25) is 0 Å². The lowest BCUT2D eigenvalue weighted by molar-refractivity contribution is -0.137. The zero-order valence-corrected chi connectivity index (χ0v) is 18.0. The minimum Gasteiger partial charge on any atom is -0.495 e. The molecule has 2 aromatic carbocycles. The molecular weight excluding hydrogens is 433 g/mol. The van der Waals surface area contributed by atoms with E-state index in [1.807, 2.05) is 41.3 Å². The molecule has 1 N–H and O–H groups in total. The molecule has 1 aliphatic rings. The number of piperidine rings is 1. The molecule has 0 radical (unpaired) electrons. The Bertz CT molecular complexity index is 1120. The van der Waals surface area contributed by atoms with Gasteiger partial charge in [0.1, 0.15) is 17.9 Å². The zero-order valence-electron chi connectivity index (χ0n) is 18.0. The second-order valence-electron chi connectivity index (χ2n) is 7.81. The summed E-state index contributed by atoms with van der Waals surface area (Å²) >= 11 is 0. The summed E-state index contributed by atoms with van der Waals surface area (Å²) in [6.45, 7) is 1.13. The van der Waals surface area contributed by atoms with E-state index in [-0.39, 0.29) is 17.3 Å². The maximum atomic E-state index is 13.1. The van der Waals surface area contributed by atoms with Gasteiger partial charge in [-0.1, -0.05) is 30.3 Å². The molecule has 1 atom stereocenters. The number of halogens is 3. The highest BCUT2D eigenvalue weighted by Gasteiger charge is 2.32. The molecule has 0 bridgehead atoms. The molecule has 3 aromatic rings. The van der Waals surface area contributed by atoms with Crippen LogP contribution in [0, 0.1) is 5.92 Å². The molecule has 0 spiro atoms. The van der Waals surface area contributed by atoms with E-state index in [0.717, 1.165) is 36.4 Å². The van der Waals surface area contributed by atoms with Crippen molar-refractivity contribution in [3.05, 3.63) is 66.5 Å². The smallest absolute Gasteiger partial charge is 0.416 e. The molecule has 2 heterocycles. The van der Waals surface area contributed by atoms with Crippen molar-refractivity contribution in [2.75, 3.05) is 30.4 Å². The fourth-order valence-corrected chi connectivity index (χ4v) is 3.90. The molecule has 0 aliphatic carbocycles. The third-order valence-corrected chi connectivity index (χ3v) is 5.62. The van der Waals surface area contributed by atoms with Crippen molar-refractivity contribution in [1.29, 1.82) is 0 Å². The van der Waals surface area contributed by atoms with Crippen LogP contribution in [0.3, 0.4) is 0 Å². The number of alkyl halides is 3. The van der Waals surface area contributed by atoms with Crippen molar-refractivity contribution < 1.29 is 22.7 Å². The number of ether oxygens (including phenoxy) is 1. The van der Waals surface area contributed by atoms with Gasteiger partial charge in [-0.15, -0.1) is 0 Å². The summed E-state index contributed by atoms with van der Waals surface area (Å²) < 4.78 is 44.5. The molecule has 0 saturated carbocycles. The van der Waals surface area contributed by atoms with Crippen LogP contribution in [-0.2, 0) is 11.0 Å². The summed E-state index contributed by atoms with van der Waals surface area (Å²) in [5.74, 6) is 0.119. The van der Waals surface area contributed by atoms with Crippen LogP contribution in [0.4, 0.5) is 24.7 Å². The van der Waals surface area contributed by atoms with E-state index < -0.39 is 17.7 Å². The molecule has 4 rings (SSSR count). The normalized spacial score (nSPS) is 16.4. The average molecular weight is 456 g/mol. The Hall–Kier alpha value is -3.62. The molecule has 1 unspecified atom stereocenters. The fraction of sp³-hybridized carbons (Fsp3) is 0.292. The molecule has 1 fully saturated rings. The van der Waals surface area contributed by atoms with E-state index in [1.54, 1.807) is 0 Å². The highest BCUT2D eigenvalue weighted by Crippen LogP contribution is 2.35. The molecular formula is C24H23F3N4O2. The maximum Gasteiger partial charge on any atom is 0.416 e. The van der Waals surface area contributed by atoms with E-state index in [0.29, 0.717) is 18.8 Å². The zero-order chi connectivity index (χ0) is 23.4. The number of carbonyl (C=O) groups excluding carboxylic acids is 1. The summed E-state index contributed by atoms with van der Waals surface area (Å²) in [7, 11) is 1.35. The number of hydrogen-bond donors (Lipinski definition) is 1. The molecule has 1 amide bonds. The van der Waals surface area contributed by atoms with E-state index in [1.165, 1.54) is 19.5 Å². The number of carbonyl (C=O) groups is 1. The van der Waals surface area contributed by atoms with Crippen LogP contribution in [0.15, 0.2) is 60.9 Å². The van der Waals surface area contributed by atoms with Gasteiger partial charge in [-0.25, -0.2) is 9.97 Å². The minimum absolute atomic E-state index is 0.00264. The lowest BCUT2D eigenvalue weighted by Gasteiger charge is -2.33. The molecule has 1 aliphatic heterocycles. The Kier molecular flexibility index (Phi) is 6.48. The average Bonchev–Trinajstić information content (AvgIpc) is 2.84. The van der Waals surface area contributed by atoms with Crippen LogP contribution in [0.25, 0.3) is 11.3 Å². The van der Waals surface area contributed by atoms with Gasteiger partial charge in [0.15, 0.2) is 0 Å². The standard InChI is InChI=1S/C24H23F3N4O2/c1-33-21-10-9-18(24(25,26)27)12-20(21)30-23(32)17-8-5-11-31(14-17)22-13-19(28-15-29-22)16-6-3-2-4-7-16/h2-4,6-7,9-10,12-13,15,17H,5,8,11,14H2,1H3,(H,30,32). The van der Waals surface area contributed by atoms with Crippen molar-refractivity contribution in [3.63, 3.8) is 0 Å². The first-order chi connectivity index (χ1) is 15.8. The molecule has 1 saturated heterocycles. The number of nitrogens with one attached hydrogen (secondary N) is 1. The Morgan fingerprint density at radius 2 is 1.91 bits per heavy atom. The summed E-state index contributed by atoms with van der Waals surface area (Å²) in [4.78, 5) is 23.7. The van der Waals surface area contributed by atoms with E-state index >= 15 is 0 Å². The Morgan fingerprint density at radius 1 is 1.12 bits per heavy atom.